The number of amides is 1. The van der Waals surface area contributed by atoms with Gasteiger partial charge in [0.2, 0.25) is 5.91 Å². The Hall–Kier alpha value is -2.17. The van der Waals surface area contributed by atoms with Crippen molar-refractivity contribution in [1.82, 2.24) is 5.32 Å². The van der Waals surface area contributed by atoms with E-state index in [0.29, 0.717) is 13.0 Å². The van der Waals surface area contributed by atoms with E-state index in [1.807, 2.05) is 0 Å². The molecule has 0 saturated heterocycles. The maximum Gasteiger partial charge on any atom is 0.330 e. The summed E-state index contributed by atoms with van der Waals surface area (Å²) in [5.74, 6) is -0.739. The molecule has 2 rings (SSSR count). The molecular formula is C17H20FNO3. The molecule has 1 aliphatic carbocycles. The summed E-state index contributed by atoms with van der Waals surface area (Å²) in [7, 11) is 1.32. The Labute approximate surface area is 129 Å². The fraction of sp³-hybridized carbons (Fsp3) is 0.412. The molecule has 0 radical (unpaired) electrons. The van der Waals surface area contributed by atoms with Crippen LogP contribution in [0.4, 0.5) is 4.39 Å². The van der Waals surface area contributed by atoms with Gasteiger partial charge in [-0.3, -0.25) is 4.79 Å². The first-order chi connectivity index (χ1) is 10.6. The first-order valence-electron chi connectivity index (χ1n) is 7.37. The van der Waals surface area contributed by atoms with Gasteiger partial charge in [-0.1, -0.05) is 24.6 Å². The zero-order valence-electron chi connectivity index (χ0n) is 12.6. The van der Waals surface area contributed by atoms with Crippen molar-refractivity contribution in [2.45, 2.75) is 31.1 Å². The lowest BCUT2D eigenvalue weighted by Crippen LogP contribution is -2.49. The first kappa shape index (κ1) is 16.2. The average Bonchev–Trinajstić information content (AvgIpc) is 2.47. The second kappa shape index (κ2) is 7.20. The predicted molar refractivity (Wildman–Crippen MR) is 80.7 cm³/mol. The topological polar surface area (TPSA) is 55.4 Å². The van der Waals surface area contributed by atoms with Crippen LogP contribution in [0.2, 0.25) is 0 Å². The van der Waals surface area contributed by atoms with Gasteiger partial charge in [0.15, 0.2) is 0 Å². The normalized spacial score (nSPS) is 16.1. The molecule has 0 atom stereocenters. The van der Waals surface area contributed by atoms with Gasteiger partial charge in [-0.05, 0) is 37.0 Å². The van der Waals surface area contributed by atoms with Gasteiger partial charge in [-0.2, -0.15) is 0 Å². The summed E-state index contributed by atoms with van der Waals surface area (Å²) in [6, 6.07) is 6.15. The number of methoxy groups -OCH3 is 1. The molecule has 1 saturated carbocycles. The summed E-state index contributed by atoms with van der Waals surface area (Å²) in [6.07, 6.45) is 6.11. The van der Waals surface area contributed by atoms with Crippen molar-refractivity contribution >= 4 is 11.9 Å². The maximum atomic E-state index is 13.0. The van der Waals surface area contributed by atoms with Crippen molar-refractivity contribution in [3.63, 3.8) is 0 Å². The fourth-order valence-electron chi connectivity index (χ4n) is 2.63. The minimum absolute atomic E-state index is 0.0307. The molecule has 0 aliphatic heterocycles. The lowest BCUT2D eigenvalue weighted by atomic mass is 9.64. The highest BCUT2D eigenvalue weighted by molar-refractivity contribution is 5.89. The molecule has 1 fully saturated rings. The number of nitrogens with one attached hydrogen (secondary N) is 1. The standard InChI is InChI=1S/C17H20FNO3/c1-22-15(20)5-2-3-12-19-16(21)17(10-4-11-17)13-6-8-14(18)9-7-13/h2,5-9H,3-4,10-12H2,1H3,(H,19,21)/b5-2+. The molecule has 1 N–H and O–H groups in total. The van der Waals surface area contributed by atoms with Crippen molar-refractivity contribution < 1.29 is 18.7 Å². The number of hydrogen-bond acceptors (Lipinski definition) is 3. The maximum absolute atomic E-state index is 13.0. The largest absolute Gasteiger partial charge is 0.466 e. The van der Waals surface area contributed by atoms with Crippen molar-refractivity contribution in [3.8, 4) is 0 Å². The zero-order chi connectivity index (χ0) is 16.0. The van der Waals surface area contributed by atoms with E-state index in [1.165, 1.54) is 25.3 Å². The van der Waals surface area contributed by atoms with E-state index in [2.05, 4.69) is 10.1 Å². The number of hydrogen-bond donors (Lipinski definition) is 1. The van der Waals surface area contributed by atoms with Crippen LogP contribution in [0.1, 0.15) is 31.2 Å². The van der Waals surface area contributed by atoms with Gasteiger partial charge >= 0.3 is 5.97 Å². The predicted octanol–water partition coefficient (Wildman–Crippen LogP) is 2.48. The van der Waals surface area contributed by atoms with E-state index in [0.717, 1.165) is 24.8 Å². The van der Waals surface area contributed by atoms with Gasteiger partial charge < -0.3 is 10.1 Å². The van der Waals surface area contributed by atoms with Gasteiger partial charge in [-0.15, -0.1) is 0 Å². The molecule has 1 aromatic rings. The van der Waals surface area contributed by atoms with Crippen molar-refractivity contribution in [2.24, 2.45) is 0 Å². The van der Waals surface area contributed by atoms with Crippen LogP contribution in [0.15, 0.2) is 36.4 Å². The highest BCUT2D eigenvalue weighted by Gasteiger charge is 2.45. The summed E-state index contributed by atoms with van der Waals surface area (Å²) in [6.45, 7) is 0.454. The van der Waals surface area contributed by atoms with E-state index < -0.39 is 11.4 Å². The van der Waals surface area contributed by atoms with E-state index in [-0.39, 0.29) is 11.7 Å². The van der Waals surface area contributed by atoms with E-state index in [1.54, 1.807) is 18.2 Å². The smallest absolute Gasteiger partial charge is 0.330 e. The Morgan fingerprint density at radius 3 is 2.55 bits per heavy atom. The van der Waals surface area contributed by atoms with Crippen LogP contribution in [-0.4, -0.2) is 25.5 Å². The Bertz CT molecular complexity index is 562. The van der Waals surface area contributed by atoms with E-state index in [4.69, 9.17) is 0 Å². The highest BCUT2D eigenvalue weighted by Crippen LogP contribution is 2.43. The molecule has 0 unspecified atom stereocenters. The van der Waals surface area contributed by atoms with E-state index >= 15 is 0 Å². The molecule has 1 aromatic carbocycles. The second-order valence-corrected chi connectivity index (χ2v) is 5.41. The van der Waals surface area contributed by atoms with Crippen LogP contribution in [0.3, 0.4) is 0 Å². The molecule has 1 aliphatic rings. The van der Waals surface area contributed by atoms with Gasteiger partial charge in [0.05, 0.1) is 12.5 Å². The molecule has 22 heavy (non-hydrogen) atoms. The van der Waals surface area contributed by atoms with Crippen LogP contribution in [-0.2, 0) is 19.7 Å². The van der Waals surface area contributed by atoms with E-state index in [9.17, 15) is 14.0 Å². The fourth-order valence-corrected chi connectivity index (χ4v) is 2.63. The van der Waals surface area contributed by atoms with Gasteiger partial charge in [0, 0.05) is 12.6 Å². The summed E-state index contributed by atoms with van der Waals surface area (Å²) in [5.41, 5.74) is 0.336. The number of ether oxygens (including phenoxy) is 1. The summed E-state index contributed by atoms with van der Waals surface area (Å²) in [4.78, 5) is 23.4. The lowest BCUT2D eigenvalue weighted by Gasteiger charge is -2.40. The number of esters is 1. The molecule has 4 nitrogen and oxygen atoms in total. The Balaban J connectivity index is 1.91. The number of halogens is 1. The Morgan fingerprint density at radius 1 is 1.32 bits per heavy atom. The van der Waals surface area contributed by atoms with Crippen LogP contribution in [0.5, 0.6) is 0 Å². The molecule has 1 amide bonds. The molecule has 118 valence electrons. The number of carbonyl (C=O) groups excluding carboxylic acids is 2. The minimum Gasteiger partial charge on any atom is -0.466 e. The Kier molecular flexibility index (Phi) is 5.31. The lowest BCUT2D eigenvalue weighted by molar-refractivity contribution is -0.134. The molecule has 0 spiro atoms. The van der Waals surface area contributed by atoms with Crippen molar-refractivity contribution in [2.75, 3.05) is 13.7 Å². The van der Waals surface area contributed by atoms with Gasteiger partial charge in [-0.25, -0.2) is 9.18 Å². The number of benzene rings is 1. The second-order valence-electron chi connectivity index (χ2n) is 5.41. The van der Waals surface area contributed by atoms with Gasteiger partial charge in [0.25, 0.3) is 0 Å². The number of rotatable bonds is 6. The minimum atomic E-state index is -0.528. The molecule has 0 aromatic heterocycles. The third kappa shape index (κ3) is 3.53. The summed E-state index contributed by atoms with van der Waals surface area (Å²) < 4.78 is 17.5. The van der Waals surface area contributed by atoms with Gasteiger partial charge in [0.1, 0.15) is 5.82 Å². The molecule has 0 bridgehead atoms. The van der Waals surface area contributed by atoms with Crippen LogP contribution in [0.25, 0.3) is 0 Å². The quantitative estimate of drug-likeness (QED) is 0.499. The molecule has 5 heteroatoms. The monoisotopic (exact) mass is 305 g/mol. The molecule has 0 heterocycles. The summed E-state index contributed by atoms with van der Waals surface area (Å²) in [5, 5.41) is 2.89. The van der Waals surface area contributed by atoms with Crippen LogP contribution >= 0.6 is 0 Å². The Morgan fingerprint density at radius 2 is 2.00 bits per heavy atom. The number of carbonyl (C=O) groups is 2. The third-order valence-electron chi connectivity index (χ3n) is 4.09. The highest BCUT2D eigenvalue weighted by atomic mass is 19.1. The van der Waals surface area contributed by atoms with Crippen molar-refractivity contribution in [3.05, 3.63) is 47.8 Å². The zero-order valence-corrected chi connectivity index (χ0v) is 12.6. The average molecular weight is 305 g/mol. The SMILES string of the molecule is COC(=O)/C=C/CCNC(=O)C1(c2ccc(F)cc2)CCC1. The van der Waals surface area contributed by atoms with Crippen molar-refractivity contribution in [1.29, 1.82) is 0 Å². The van der Waals surface area contributed by atoms with Crippen LogP contribution in [0, 0.1) is 5.82 Å². The summed E-state index contributed by atoms with van der Waals surface area (Å²) >= 11 is 0. The molecular weight excluding hydrogens is 285 g/mol. The van der Waals surface area contributed by atoms with Crippen LogP contribution < -0.4 is 5.32 Å². The first-order valence-corrected chi connectivity index (χ1v) is 7.37. The third-order valence-corrected chi connectivity index (χ3v) is 4.09.